The van der Waals surface area contributed by atoms with Crippen LogP contribution in [0.3, 0.4) is 0 Å². The predicted octanol–water partition coefficient (Wildman–Crippen LogP) is 4.64. The SMILES string of the molecule is CC1(COc2c(N3CCN(S(=O)(=O)Cc4ccc([N+](=O)[O-])c(C(F)(F)F)c4)CC3)cnn(-c3cccc(Cl)c3)c2=O)CC1. The lowest BCUT2D eigenvalue weighted by Crippen LogP contribution is -2.49. The molecule has 5 rings (SSSR count). The molecular weight excluding hydrogens is 615 g/mol. The summed E-state index contributed by atoms with van der Waals surface area (Å²) in [5, 5.41) is 15.8. The molecule has 1 aliphatic carbocycles. The number of benzene rings is 2. The monoisotopic (exact) mass is 641 g/mol. The maximum Gasteiger partial charge on any atom is 0.423 e. The van der Waals surface area contributed by atoms with Crippen LogP contribution in [0, 0.1) is 15.5 Å². The van der Waals surface area contributed by atoms with E-state index in [9.17, 15) is 36.5 Å². The van der Waals surface area contributed by atoms with Crippen LogP contribution in [-0.4, -0.2) is 60.2 Å². The highest BCUT2D eigenvalue weighted by atomic mass is 35.5. The number of nitro groups is 1. The number of hydrogen-bond acceptors (Lipinski definition) is 8. The average molecular weight is 642 g/mol. The molecule has 0 bridgehead atoms. The minimum atomic E-state index is -5.03. The standard InChI is InChI=1S/C27H27ClF3N5O6S/c1-26(7-8-26)17-42-24-23(15-32-35(25(24)37)20-4-2-3-19(28)14-20)33-9-11-34(12-10-33)43(40,41)16-18-5-6-22(36(38)39)21(13-18)27(29,30)31/h2-6,13-15H,7-12,16-17H2,1H3. The van der Waals surface area contributed by atoms with E-state index in [-0.39, 0.29) is 42.9 Å². The number of anilines is 1. The van der Waals surface area contributed by atoms with E-state index in [2.05, 4.69) is 12.0 Å². The van der Waals surface area contributed by atoms with Crippen LogP contribution < -0.4 is 15.2 Å². The number of nitro benzene ring substituents is 1. The third kappa shape index (κ3) is 6.78. The van der Waals surface area contributed by atoms with Crippen molar-refractivity contribution in [3.05, 3.63) is 85.3 Å². The summed E-state index contributed by atoms with van der Waals surface area (Å²) in [5.74, 6) is -0.692. The summed E-state index contributed by atoms with van der Waals surface area (Å²) in [4.78, 5) is 25.2. The highest BCUT2D eigenvalue weighted by Gasteiger charge is 2.40. The van der Waals surface area contributed by atoms with Crippen LogP contribution in [-0.2, 0) is 22.0 Å². The highest BCUT2D eigenvalue weighted by Crippen LogP contribution is 2.45. The van der Waals surface area contributed by atoms with Crippen LogP contribution in [0.2, 0.25) is 5.02 Å². The zero-order valence-corrected chi connectivity index (χ0v) is 24.5. The van der Waals surface area contributed by atoms with Crippen LogP contribution in [0.4, 0.5) is 24.5 Å². The quantitative estimate of drug-likeness (QED) is 0.244. The van der Waals surface area contributed by atoms with Gasteiger partial charge in [0.05, 0.1) is 29.2 Å². The van der Waals surface area contributed by atoms with E-state index in [4.69, 9.17) is 16.3 Å². The van der Waals surface area contributed by atoms with Gasteiger partial charge in [0.25, 0.3) is 5.69 Å². The van der Waals surface area contributed by atoms with Crippen molar-refractivity contribution in [2.24, 2.45) is 5.41 Å². The van der Waals surface area contributed by atoms with Crippen molar-refractivity contribution < 1.29 is 31.2 Å². The Hall–Kier alpha value is -3.69. The van der Waals surface area contributed by atoms with Gasteiger partial charge in [0.1, 0.15) is 11.3 Å². The molecule has 230 valence electrons. The summed E-state index contributed by atoms with van der Waals surface area (Å²) in [6.45, 7) is 2.65. The Kier molecular flexibility index (Phi) is 8.17. The third-order valence-electron chi connectivity index (χ3n) is 7.52. The van der Waals surface area contributed by atoms with Gasteiger partial charge in [0.2, 0.25) is 15.8 Å². The minimum Gasteiger partial charge on any atom is -0.486 e. The molecule has 0 N–H and O–H groups in total. The van der Waals surface area contributed by atoms with Crippen molar-refractivity contribution >= 4 is 33.0 Å². The molecule has 0 atom stereocenters. The molecule has 0 unspecified atom stereocenters. The van der Waals surface area contributed by atoms with Gasteiger partial charge in [-0.1, -0.05) is 30.7 Å². The van der Waals surface area contributed by atoms with Crippen LogP contribution in [0.1, 0.15) is 30.9 Å². The zero-order chi connectivity index (χ0) is 31.2. The number of alkyl halides is 3. The van der Waals surface area contributed by atoms with Gasteiger partial charge in [-0.25, -0.2) is 8.42 Å². The van der Waals surface area contributed by atoms with Crippen molar-refractivity contribution in [3.8, 4) is 11.4 Å². The largest absolute Gasteiger partial charge is 0.486 e. The van der Waals surface area contributed by atoms with Gasteiger partial charge in [-0.3, -0.25) is 14.9 Å². The smallest absolute Gasteiger partial charge is 0.423 e. The molecule has 43 heavy (non-hydrogen) atoms. The first-order valence-corrected chi connectivity index (χ1v) is 15.2. The first kappa shape index (κ1) is 30.8. The van der Waals surface area contributed by atoms with E-state index in [0.29, 0.717) is 35.1 Å². The van der Waals surface area contributed by atoms with E-state index in [0.717, 1.165) is 23.2 Å². The fourth-order valence-corrected chi connectivity index (χ4v) is 6.44. The number of rotatable bonds is 9. The second-order valence-electron chi connectivity index (χ2n) is 10.9. The third-order valence-corrected chi connectivity index (χ3v) is 9.61. The molecule has 0 amide bonds. The van der Waals surface area contributed by atoms with E-state index >= 15 is 0 Å². The van der Waals surface area contributed by atoms with Crippen LogP contribution in [0.5, 0.6) is 5.75 Å². The number of aromatic nitrogens is 2. The fourth-order valence-electron chi connectivity index (χ4n) is 4.75. The molecule has 1 saturated heterocycles. The summed E-state index contributed by atoms with van der Waals surface area (Å²) < 4.78 is 74.8. The Balaban J connectivity index is 1.35. The van der Waals surface area contributed by atoms with Crippen LogP contribution >= 0.6 is 11.6 Å². The normalized spacial score (nSPS) is 17.1. The Morgan fingerprint density at radius 2 is 1.81 bits per heavy atom. The van der Waals surface area contributed by atoms with Gasteiger partial charge >= 0.3 is 11.7 Å². The molecule has 16 heteroatoms. The Bertz CT molecular complexity index is 1720. The molecule has 2 aromatic carbocycles. The number of halogens is 4. The van der Waals surface area contributed by atoms with Gasteiger partial charge < -0.3 is 9.64 Å². The minimum absolute atomic E-state index is 0.0179. The maximum atomic E-state index is 13.5. The maximum absolute atomic E-state index is 13.5. The number of nitrogens with zero attached hydrogens (tertiary/aromatic N) is 5. The number of hydrogen-bond donors (Lipinski definition) is 0. The van der Waals surface area contributed by atoms with Gasteiger partial charge in [-0.05, 0) is 42.7 Å². The molecular formula is C27H27ClF3N5O6S. The first-order valence-electron chi connectivity index (χ1n) is 13.3. The molecule has 0 radical (unpaired) electrons. The molecule has 1 saturated carbocycles. The summed E-state index contributed by atoms with van der Waals surface area (Å²) in [5.41, 5.74) is -2.58. The van der Waals surface area contributed by atoms with E-state index in [1.807, 2.05) is 0 Å². The average Bonchev–Trinajstić information content (AvgIpc) is 3.68. The van der Waals surface area contributed by atoms with Gasteiger partial charge in [-0.2, -0.15) is 27.3 Å². The molecule has 0 spiro atoms. The zero-order valence-electron chi connectivity index (χ0n) is 22.9. The number of sulfonamides is 1. The topological polar surface area (TPSA) is 128 Å². The fraction of sp³-hybridized carbons (Fsp3) is 0.407. The van der Waals surface area contributed by atoms with Gasteiger partial charge in [0, 0.05) is 42.7 Å². The van der Waals surface area contributed by atoms with Crippen molar-refractivity contribution in [2.45, 2.75) is 31.7 Å². The molecule has 3 aromatic rings. The number of piperazine rings is 1. The van der Waals surface area contributed by atoms with E-state index in [1.54, 1.807) is 29.2 Å². The summed E-state index contributed by atoms with van der Waals surface area (Å²) in [7, 11) is -4.08. The van der Waals surface area contributed by atoms with Gasteiger partial charge in [0.15, 0.2) is 0 Å². The Morgan fingerprint density at radius 3 is 2.42 bits per heavy atom. The predicted molar refractivity (Wildman–Crippen MR) is 152 cm³/mol. The molecule has 1 aliphatic heterocycles. The molecule has 2 heterocycles. The molecule has 2 aliphatic rings. The van der Waals surface area contributed by atoms with Crippen LogP contribution in [0.25, 0.3) is 5.69 Å². The lowest BCUT2D eigenvalue weighted by molar-refractivity contribution is -0.388. The molecule has 1 aromatic heterocycles. The summed E-state index contributed by atoms with van der Waals surface area (Å²) >= 11 is 6.10. The molecule has 11 nitrogen and oxygen atoms in total. The first-order chi connectivity index (χ1) is 20.2. The lowest BCUT2D eigenvalue weighted by Gasteiger charge is -2.35. The molecule has 2 fully saturated rings. The summed E-state index contributed by atoms with van der Waals surface area (Å²) in [6, 6.07) is 8.79. The Labute approximate surface area is 249 Å². The van der Waals surface area contributed by atoms with Crippen molar-refractivity contribution in [3.63, 3.8) is 0 Å². The highest BCUT2D eigenvalue weighted by molar-refractivity contribution is 7.88. The second-order valence-corrected chi connectivity index (χ2v) is 13.3. The van der Waals surface area contributed by atoms with E-state index < -0.39 is 43.7 Å². The van der Waals surface area contributed by atoms with E-state index in [1.165, 1.54) is 10.9 Å². The summed E-state index contributed by atoms with van der Waals surface area (Å²) in [6.07, 6.45) is -1.62. The van der Waals surface area contributed by atoms with Crippen LogP contribution in [0.15, 0.2) is 53.5 Å². The van der Waals surface area contributed by atoms with Crippen molar-refractivity contribution in [2.75, 3.05) is 37.7 Å². The van der Waals surface area contributed by atoms with Gasteiger partial charge in [-0.15, -0.1) is 0 Å². The number of ether oxygens (including phenoxy) is 1. The second kappa shape index (κ2) is 11.4. The van der Waals surface area contributed by atoms with Crippen molar-refractivity contribution in [1.29, 1.82) is 0 Å². The lowest BCUT2D eigenvalue weighted by atomic mass is 10.1. The Morgan fingerprint density at radius 1 is 1.12 bits per heavy atom. The van der Waals surface area contributed by atoms with Crippen molar-refractivity contribution in [1.82, 2.24) is 14.1 Å².